The summed E-state index contributed by atoms with van der Waals surface area (Å²) >= 11 is 12.6. The number of aliphatic hydroxyl groups excluding tert-OH is 1. The van der Waals surface area contributed by atoms with E-state index in [9.17, 15) is 14.7 Å². The summed E-state index contributed by atoms with van der Waals surface area (Å²) < 4.78 is 5.95. The molecule has 1 unspecified atom stereocenters. The normalized spacial score (nSPS) is 16.7. The van der Waals surface area contributed by atoms with Crippen LogP contribution in [0.4, 0.5) is 0 Å². The number of carbonyl (C=O) groups is 2. The molecule has 8 heteroatoms. The van der Waals surface area contributed by atoms with Gasteiger partial charge in [0.1, 0.15) is 18.0 Å². The van der Waals surface area contributed by atoms with Gasteiger partial charge >= 0.3 is 0 Å². The highest BCUT2D eigenvalue weighted by Crippen LogP contribution is 2.38. The van der Waals surface area contributed by atoms with Gasteiger partial charge in [-0.2, -0.15) is 0 Å². The number of ether oxygens (including phenoxy) is 1. The van der Waals surface area contributed by atoms with E-state index in [4.69, 9.17) is 38.8 Å². The quantitative estimate of drug-likeness (QED) is 0.247. The first-order chi connectivity index (χ1) is 18.1. The average Bonchev–Trinajstić information content (AvgIpc) is 3.26. The third kappa shape index (κ3) is 6.11. The molecule has 0 saturated carbocycles. The van der Waals surface area contributed by atoms with Gasteiger partial charge in [0, 0.05) is 18.6 Å². The van der Waals surface area contributed by atoms with Crippen LogP contribution in [0.1, 0.15) is 37.0 Å². The molecule has 0 bridgehead atoms. The Hall–Kier alpha value is -3.16. The Morgan fingerprint density at radius 1 is 1.05 bits per heavy atom. The highest BCUT2D eigenvalue weighted by Gasteiger charge is 2.36. The molecule has 0 spiro atoms. The summed E-state index contributed by atoms with van der Waals surface area (Å²) in [7, 11) is 1.00. The molecule has 0 aliphatic heterocycles. The lowest BCUT2D eigenvalue weighted by molar-refractivity contribution is -0.124. The number of nitrogens with two attached hydrogens (primary N) is 1. The van der Waals surface area contributed by atoms with Crippen LogP contribution >= 0.6 is 23.2 Å². The molecule has 0 fully saturated rings. The Morgan fingerprint density at radius 2 is 1.66 bits per heavy atom. The number of aliphatic hydroxyl groups is 2. The summed E-state index contributed by atoms with van der Waals surface area (Å²) in [4.78, 5) is 24.3. The van der Waals surface area contributed by atoms with Crippen molar-refractivity contribution >= 4 is 41.0 Å². The standard InChI is InChI=1S/C29H27Cl2NO4.CH4O/c1-17(2)28(34)22(27(32)26-24(30)4-3-5-25(26)31)15-36-21-9-6-18(7-10-21)19-8-11-23-20(14-19)12-13-29(23,35)16-33;1-2/h3-11,14,16-17,35H,12-13,15,32H2,1-2H3;2H,1H3/b27-22-;. The molecule has 3 aromatic rings. The van der Waals surface area contributed by atoms with Crippen molar-refractivity contribution in [3.05, 3.63) is 93.0 Å². The van der Waals surface area contributed by atoms with Crippen LogP contribution < -0.4 is 10.5 Å². The van der Waals surface area contributed by atoms with Crippen molar-refractivity contribution in [2.75, 3.05) is 13.7 Å². The van der Waals surface area contributed by atoms with E-state index in [2.05, 4.69) is 0 Å². The topological polar surface area (TPSA) is 110 Å². The number of ketones is 1. The largest absolute Gasteiger partial charge is 0.489 e. The highest BCUT2D eigenvalue weighted by molar-refractivity contribution is 6.37. The van der Waals surface area contributed by atoms with Crippen LogP contribution in [0.3, 0.4) is 0 Å². The first kappa shape index (κ1) is 29.4. The molecule has 3 aromatic carbocycles. The van der Waals surface area contributed by atoms with Gasteiger partial charge in [-0.25, -0.2) is 0 Å². The lowest BCUT2D eigenvalue weighted by Crippen LogP contribution is -2.23. The number of halogens is 2. The molecule has 0 radical (unpaired) electrons. The third-order valence-corrected chi connectivity index (χ3v) is 7.12. The van der Waals surface area contributed by atoms with Crippen LogP contribution in [0.2, 0.25) is 10.0 Å². The second kappa shape index (κ2) is 12.6. The maximum absolute atomic E-state index is 13.0. The molecule has 0 amide bonds. The van der Waals surface area contributed by atoms with Gasteiger partial charge in [-0.3, -0.25) is 9.59 Å². The summed E-state index contributed by atoms with van der Waals surface area (Å²) in [5.41, 5.74) is 9.51. The monoisotopic (exact) mass is 555 g/mol. The minimum atomic E-state index is -1.39. The van der Waals surface area contributed by atoms with E-state index in [0.29, 0.717) is 51.6 Å². The van der Waals surface area contributed by atoms with Gasteiger partial charge in [0.25, 0.3) is 0 Å². The van der Waals surface area contributed by atoms with E-state index < -0.39 is 5.60 Å². The van der Waals surface area contributed by atoms with E-state index in [-0.39, 0.29) is 24.0 Å². The maximum atomic E-state index is 13.0. The van der Waals surface area contributed by atoms with Crippen LogP contribution in [-0.2, 0) is 21.6 Å². The Balaban J connectivity index is 0.00000195. The molecule has 0 heterocycles. The minimum Gasteiger partial charge on any atom is -0.489 e. The third-order valence-electron chi connectivity index (χ3n) is 6.49. The lowest BCUT2D eigenvalue weighted by atomic mass is 9.95. The smallest absolute Gasteiger partial charge is 0.166 e. The van der Waals surface area contributed by atoms with Gasteiger partial charge in [0.2, 0.25) is 0 Å². The van der Waals surface area contributed by atoms with Gasteiger partial charge in [-0.1, -0.05) is 73.4 Å². The van der Waals surface area contributed by atoms with Gasteiger partial charge in [0.05, 0.1) is 21.3 Å². The molecule has 6 nitrogen and oxygen atoms in total. The zero-order chi connectivity index (χ0) is 28.0. The second-order valence-electron chi connectivity index (χ2n) is 9.23. The minimum absolute atomic E-state index is 0.0349. The molecule has 4 rings (SSSR count). The Kier molecular flexibility index (Phi) is 9.74. The number of hydrogen-bond acceptors (Lipinski definition) is 6. The number of carbonyl (C=O) groups excluding carboxylic acids is 2. The summed E-state index contributed by atoms with van der Waals surface area (Å²) in [5.74, 6) is 0.137. The number of Topliss-reactive ketones (excluding diaryl/α,β-unsaturated/α-hetero) is 1. The van der Waals surface area contributed by atoms with Crippen molar-refractivity contribution in [2.24, 2.45) is 11.7 Å². The van der Waals surface area contributed by atoms with Crippen LogP contribution in [-0.4, -0.2) is 36.0 Å². The van der Waals surface area contributed by atoms with Crippen molar-refractivity contribution in [3.63, 3.8) is 0 Å². The Bertz CT molecular complexity index is 1330. The second-order valence-corrected chi connectivity index (χ2v) is 10.0. The van der Waals surface area contributed by atoms with Crippen molar-refractivity contribution in [2.45, 2.75) is 32.3 Å². The Morgan fingerprint density at radius 3 is 2.24 bits per heavy atom. The van der Waals surface area contributed by atoms with Gasteiger partial charge < -0.3 is 20.7 Å². The fourth-order valence-electron chi connectivity index (χ4n) is 4.42. The van der Waals surface area contributed by atoms with Crippen molar-refractivity contribution in [3.8, 4) is 16.9 Å². The first-order valence-electron chi connectivity index (χ1n) is 12.1. The number of benzene rings is 3. The predicted molar refractivity (Wildman–Crippen MR) is 151 cm³/mol. The molecule has 0 aromatic heterocycles. The summed E-state index contributed by atoms with van der Waals surface area (Å²) in [5, 5.41) is 18.2. The number of fused-ring (bicyclic) bond motifs is 1. The van der Waals surface area contributed by atoms with Crippen LogP contribution in [0.15, 0.2) is 66.2 Å². The van der Waals surface area contributed by atoms with Crippen molar-refractivity contribution < 1.29 is 24.5 Å². The average molecular weight is 556 g/mol. The van der Waals surface area contributed by atoms with Crippen LogP contribution in [0.5, 0.6) is 5.75 Å². The SMILES string of the molecule is CC(C)C(=O)/C(COc1ccc(-c2ccc3c(c2)CCC3(O)C=O)cc1)=C(\N)c1c(Cl)cccc1Cl.CO. The van der Waals surface area contributed by atoms with E-state index in [0.717, 1.165) is 23.8 Å². The van der Waals surface area contributed by atoms with E-state index in [1.54, 1.807) is 32.0 Å². The molecule has 1 aliphatic rings. The Labute approximate surface area is 232 Å². The zero-order valence-electron chi connectivity index (χ0n) is 21.5. The van der Waals surface area contributed by atoms with Gasteiger partial charge in [0.15, 0.2) is 12.1 Å². The van der Waals surface area contributed by atoms with E-state index in [1.807, 2.05) is 42.5 Å². The lowest BCUT2D eigenvalue weighted by Gasteiger charge is -2.17. The maximum Gasteiger partial charge on any atom is 0.166 e. The molecule has 38 heavy (non-hydrogen) atoms. The van der Waals surface area contributed by atoms with Crippen molar-refractivity contribution in [1.82, 2.24) is 0 Å². The number of rotatable bonds is 8. The number of aryl methyl sites for hydroxylation is 1. The van der Waals surface area contributed by atoms with Crippen molar-refractivity contribution in [1.29, 1.82) is 0 Å². The van der Waals surface area contributed by atoms with Crippen LogP contribution in [0, 0.1) is 5.92 Å². The van der Waals surface area contributed by atoms with E-state index >= 15 is 0 Å². The van der Waals surface area contributed by atoms with Gasteiger partial charge in [-0.05, 0) is 59.4 Å². The molecule has 0 saturated heterocycles. The molecule has 1 atom stereocenters. The summed E-state index contributed by atoms with van der Waals surface area (Å²) in [6.07, 6.45) is 1.66. The molecule has 200 valence electrons. The fraction of sp³-hybridized carbons (Fsp3) is 0.267. The summed E-state index contributed by atoms with van der Waals surface area (Å²) in [6.45, 7) is 3.56. The first-order valence-corrected chi connectivity index (χ1v) is 12.9. The van der Waals surface area contributed by atoms with Gasteiger partial charge in [-0.15, -0.1) is 0 Å². The number of aldehydes is 1. The molecule has 4 N–H and O–H groups in total. The molecular weight excluding hydrogens is 525 g/mol. The fourth-order valence-corrected chi connectivity index (χ4v) is 5.02. The molecular formula is C30H31Cl2NO5. The summed E-state index contributed by atoms with van der Waals surface area (Å²) in [6, 6.07) is 18.2. The zero-order valence-corrected chi connectivity index (χ0v) is 23.0. The highest BCUT2D eigenvalue weighted by atomic mass is 35.5. The predicted octanol–water partition coefficient (Wildman–Crippen LogP) is 5.58. The number of hydrogen-bond donors (Lipinski definition) is 3. The van der Waals surface area contributed by atoms with Crippen LogP contribution in [0.25, 0.3) is 16.8 Å². The molecule has 1 aliphatic carbocycles. The van der Waals surface area contributed by atoms with E-state index in [1.165, 1.54) is 0 Å².